The van der Waals surface area contributed by atoms with E-state index < -0.39 is 0 Å². The van der Waals surface area contributed by atoms with Crippen molar-refractivity contribution in [3.05, 3.63) is 64.7 Å². The lowest BCUT2D eigenvalue weighted by molar-refractivity contribution is -0.151. The molecular formula is C17H15ClO3. The van der Waals surface area contributed by atoms with Gasteiger partial charge in [-0.25, -0.2) is 0 Å². The van der Waals surface area contributed by atoms with Crippen molar-refractivity contribution in [2.45, 2.75) is 13.0 Å². The Bertz CT molecular complexity index is 637. The molecule has 3 rings (SSSR count). The molecular weight excluding hydrogens is 288 g/mol. The first-order valence-corrected chi connectivity index (χ1v) is 7.22. The van der Waals surface area contributed by atoms with E-state index in [0.717, 1.165) is 16.9 Å². The summed E-state index contributed by atoms with van der Waals surface area (Å²) in [5.74, 6) is 0.394. The van der Waals surface area contributed by atoms with Crippen molar-refractivity contribution in [2.24, 2.45) is 5.92 Å². The molecule has 1 heterocycles. The molecule has 0 saturated carbocycles. The molecule has 0 aliphatic carbocycles. The number of hydrogen-bond acceptors (Lipinski definition) is 3. The molecule has 1 aliphatic rings. The Labute approximate surface area is 128 Å². The van der Waals surface area contributed by atoms with E-state index in [4.69, 9.17) is 21.1 Å². The normalized spacial score (nSPS) is 16.7. The molecule has 0 amide bonds. The predicted octanol–water partition coefficient (Wildman–Crippen LogP) is 3.63. The molecule has 0 radical (unpaired) electrons. The van der Waals surface area contributed by atoms with Crippen LogP contribution in [0, 0.1) is 5.92 Å². The predicted molar refractivity (Wildman–Crippen MR) is 80.4 cm³/mol. The van der Waals surface area contributed by atoms with Crippen LogP contribution in [-0.2, 0) is 22.6 Å². The third-order valence-electron chi connectivity index (χ3n) is 3.51. The van der Waals surface area contributed by atoms with E-state index in [-0.39, 0.29) is 18.5 Å². The SMILES string of the molecule is O=C(OCc1ccc(Cl)cc1)C1COc2ccccc2C1. The van der Waals surface area contributed by atoms with Crippen molar-refractivity contribution < 1.29 is 14.3 Å². The zero-order valence-corrected chi connectivity index (χ0v) is 12.2. The van der Waals surface area contributed by atoms with Gasteiger partial charge in [0.05, 0.1) is 5.92 Å². The van der Waals surface area contributed by atoms with Gasteiger partial charge in [-0.3, -0.25) is 4.79 Å². The van der Waals surface area contributed by atoms with E-state index in [1.54, 1.807) is 12.1 Å². The fraction of sp³-hybridized carbons (Fsp3) is 0.235. The van der Waals surface area contributed by atoms with E-state index in [0.29, 0.717) is 18.1 Å². The molecule has 0 aromatic heterocycles. The molecule has 0 bridgehead atoms. The fourth-order valence-corrected chi connectivity index (χ4v) is 2.46. The van der Waals surface area contributed by atoms with Gasteiger partial charge < -0.3 is 9.47 Å². The highest BCUT2D eigenvalue weighted by Gasteiger charge is 2.26. The minimum absolute atomic E-state index is 0.223. The quantitative estimate of drug-likeness (QED) is 0.812. The number of esters is 1. The van der Waals surface area contributed by atoms with Crippen LogP contribution in [0.4, 0.5) is 0 Å². The number of fused-ring (bicyclic) bond motifs is 1. The number of benzene rings is 2. The van der Waals surface area contributed by atoms with Crippen molar-refractivity contribution in [3.8, 4) is 5.75 Å². The van der Waals surface area contributed by atoms with Crippen molar-refractivity contribution in [1.82, 2.24) is 0 Å². The lowest BCUT2D eigenvalue weighted by Gasteiger charge is -2.23. The topological polar surface area (TPSA) is 35.5 Å². The second-order valence-electron chi connectivity index (χ2n) is 5.05. The number of carbonyl (C=O) groups excluding carboxylic acids is 1. The molecule has 2 aromatic carbocycles. The van der Waals surface area contributed by atoms with Gasteiger partial charge in [0.1, 0.15) is 19.0 Å². The molecule has 21 heavy (non-hydrogen) atoms. The molecule has 0 fully saturated rings. The van der Waals surface area contributed by atoms with Crippen LogP contribution in [0.3, 0.4) is 0 Å². The van der Waals surface area contributed by atoms with E-state index in [9.17, 15) is 4.79 Å². The lowest BCUT2D eigenvalue weighted by atomic mass is 9.97. The van der Waals surface area contributed by atoms with Gasteiger partial charge in [-0.1, -0.05) is 41.9 Å². The van der Waals surface area contributed by atoms with Crippen LogP contribution in [0.5, 0.6) is 5.75 Å². The Hall–Kier alpha value is -2.00. The van der Waals surface area contributed by atoms with Crippen LogP contribution in [0.15, 0.2) is 48.5 Å². The van der Waals surface area contributed by atoms with Crippen LogP contribution in [-0.4, -0.2) is 12.6 Å². The Morgan fingerprint density at radius 3 is 2.76 bits per heavy atom. The van der Waals surface area contributed by atoms with E-state index in [1.807, 2.05) is 36.4 Å². The second-order valence-corrected chi connectivity index (χ2v) is 5.49. The monoisotopic (exact) mass is 302 g/mol. The summed E-state index contributed by atoms with van der Waals surface area (Å²) >= 11 is 5.82. The average Bonchev–Trinajstić information content (AvgIpc) is 2.53. The highest BCUT2D eigenvalue weighted by atomic mass is 35.5. The maximum Gasteiger partial charge on any atom is 0.313 e. The molecule has 0 saturated heterocycles. The van der Waals surface area contributed by atoms with Crippen LogP contribution >= 0.6 is 11.6 Å². The average molecular weight is 303 g/mol. The number of para-hydroxylation sites is 1. The molecule has 3 nitrogen and oxygen atoms in total. The first kappa shape index (κ1) is 14.0. The van der Waals surface area contributed by atoms with Crippen LogP contribution in [0.25, 0.3) is 0 Å². The van der Waals surface area contributed by atoms with Gasteiger partial charge in [0.15, 0.2) is 0 Å². The summed E-state index contributed by atoms with van der Waals surface area (Å²) in [5, 5.41) is 0.669. The summed E-state index contributed by atoms with van der Waals surface area (Å²) in [6.07, 6.45) is 0.662. The smallest absolute Gasteiger partial charge is 0.313 e. The van der Waals surface area contributed by atoms with Gasteiger partial charge in [-0.05, 0) is 35.7 Å². The summed E-state index contributed by atoms with van der Waals surface area (Å²) < 4.78 is 11.0. The fourth-order valence-electron chi connectivity index (χ4n) is 2.33. The van der Waals surface area contributed by atoms with Gasteiger partial charge in [-0.2, -0.15) is 0 Å². The standard InChI is InChI=1S/C17H15ClO3/c18-15-7-5-12(6-8-15)10-21-17(19)14-9-13-3-1-2-4-16(13)20-11-14/h1-8,14H,9-11H2. The lowest BCUT2D eigenvalue weighted by Crippen LogP contribution is -2.29. The zero-order chi connectivity index (χ0) is 14.7. The third kappa shape index (κ3) is 3.37. The van der Waals surface area contributed by atoms with Crippen molar-refractivity contribution in [2.75, 3.05) is 6.61 Å². The summed E-state index contributed by atoms with van der Waals surface area (Å²) in [7, 11) is 0. The molecule has 0 spiro atoms. The number of halogens is 1. The van der Waals surface area contributed by atoms with E-state index in [2.05, 4.69) is 0 Å². The van der Waals surface area contributed by atoms with E-state index in [1.165, 1.54) is 0 Å². The summed E-state index contributed by atoms with van der Waals surface area (Å²) in [4.78, 5) is 12.1. The van der Waals surface area contributed by atoms with Gasteiger partial charge in [0.25, 0.3) is 0 Å². The molecule has 0 N–H and O–H groups in total. The Morgan fingerprint density at radius 1 is 1.19 bits per heavy atom. The first-order valence-electron chi connectivity index (χ1n) is 6.84. The van der Waals surface area contributed by atoms with Gasteiger partial charge >= 0.3 is 5.97 Å². The maximum atomic E-state index is 12.1. The third-order valence-corrected chi connectivity index (χ3v) is 3.76. The molecule has 2 aromatic rings. The Kier molecular flexibility index (Phi) is 4.11. The number of hydrogen-bond donors (Lipinski definition) is 0. The molecule has 1 aliphatic heterocycles. The molecule has 108 valence electrons. The Balaban J connectivity index is 1.58. The van der Waals surface area contributed by atoms with Crippen molar-refractivity contribution in [1.29, 1.82) is 0 Å². The number of ether oxygens (including phenoxy) is 2. The van der Waals surface area contributed by atoms with Crippen LogP contribution in [0.1, 0.15) is 11.1 Å². The van der Waals surface area contributed by atoms with E-state index >= 15 is 0 Å². The number of rotatable bonds is 3. The largest absolute Gasteiger partial charge is 0.492 e. The second kappa shape index (κ2) is 6.19. The van der Waals surface area contributed by atoms with Crippen molar-refractivity contribution >= 4 is 17.6 Å². The summed E-state index contributed by atoms with van der Waals surface area (Å²) in [6.45, 7) is 0.630. The van der Waals surface area contributed by atoms with Crippen LogP contribution in [0.2, 0.25) is 5.02 Å². The molecule has 1 atom stereocenters. The minimum atomic E-state index is -0.243. The Morgan fingerprint density at radius 2 is 1.95 bits per heavy atom. The van der Waals surface area contributed by atoms with Gasteiger partial charge in [0, 0.05) is 5.02 Å². The maximum absolute atomic E-state index is 12.1. The molecule has 4 heteroatoms. The molecule has 1 unspecified atom stereocenters. The summed E-state index contributed by atoms with van der Waals surface area (Å²) in [5.41, 5.74) is 1.97. The number of carbonyl (C=O) groups is 1. The first-order chi connectivity index (χ1) is 10.2. The highest BCUT2D eigenvalue weighted by Crippen LogP contribution is 2.27. The highest BCUT2D eigenvalue weighted by molar-refractivity contribution is 6.30. The minimum Gasteiger partial charge on any atom is -0.492 e. The van der Waals surface area contributed by atoms with Crippen molar-refractivity contribution in [3.63, 3.8) is 0 Å². The van der Waals surface area contributed by atoms with Gasteiger partial charge in [0.2, 0.25) is 0 Å². The van der Waals surface area contributed by atoms with Crippen LogP contribution < -0.4 is 4.74 Å². The van der Waals surface area contributed by atoms with Gasteiger partial charge in [-0.15, -0.1) is 0 Å². The summed E-state index contributed by atoms with van der Waals surface area (Å²) in [6, 6.07) is 15.0. The zero-order valence-electron chi connectivity index (χ0n) is 11.4.